The largest absolute Gasteiger partial charge is 0.478 e. The molecular formula is C30H36ClN3O3. The van der Waals surface area contributed by atoms with Crippen LogP contribution in [0.1, 0.15) is 66.8 Å². The van der Waals surface area contributed by atoms with Gasteiger partial charge >= 0.3 is 5.97 Å². The summed E-state index contributed by atoms with van der Waals surface area (Å²) in [5, 5.41) is 21.8. The van der Waals surface area contributed by atoms with E-state index in [0.29, 0.717) is 11.5 Å². The third kappa shape index (κ3) is 4.75. The van der Waals surface area contributed by atoms with E-state index in [2.05, 4.69) is 26.5 Å². The third-order valence-electron chi connectivity index (χ3n) is 8.68. The van der Waals surface area contributed by atoms with Gasteiger partial charge in [-0.3, -0.25) is 4.90 Å². The SMILES string of the molecule is O=C(O)c1ccc2c(C3CCCCC3)c3n(c2c1)CCN(CCN1CCCC(O)C1)c1cc(Cl)ccc1-3. The zero-order valence-electron chi connectivity index (χ0n) is 21.3. The molecule has 0 radical (unpaired) electrons. The second-order valence-electron chi connectivity index (χ2n) is 11.0. The van der Waals surface area contributed by atoms with Crippen LogP contribution in [0.15, 0.2) is 36.4 Å². The zero-order chi connectivity index (χ0) is 25.5. The van der Waals surface area contributed by atoms with Crippen molar-refractivity contribution in [2.75, 3.05) is 37.6 Å². The molecule has 6 nitrogen and oxygen atoms in total. The smallest absolute Gasteiger partial charge is 0.335 e. The number of aliphatic hydroxyl groups is 1. The molecule has 3 aliphatic rings. The van der Waals surface area contributed by atoms with E-state index in [-0.39, 0.29) is 6.10 Å². The summed E-state index contributed by atoms with van der Waals surface area (Å²) in [6.07, 6.45) is 7.83. The fraction of sp³-hybridized carbons (Fsp3) is 0.500. The number of carboxylic acids is 1. The van der Waals surface area contributed by atoms with Gasteiger partial charge in [0.15, 0.2) is 0 Å². The van der Waals surface area contributed by atoms with E-state index >= 15 is 0 Å². The van der Waals surface area contributed by atoms with E-state index in [1.165, 1.54) is 54.3 Å². The number of nitrogens with zero attached hydrogens (tertiary/aromatic N) is 3. The minimum Gasteiger partial charge on any atom is -0.478 e. The number of aliphatic hydroxyl groups excluding tert-OH is 1. The molecule has 0 spiro atoms. The number of aromatic nitrogens is 1. The van der Waals surface area contributed by atoms with Gasteiger partial charge in [0.05, 0.1) is 17.4 Å². The molecule has 37 heavy (non-hydrogen) atoms. The predicted octanol–water partition coefficient (Wildman–Crippen LogP) is 5.98. The number of aromatic carboxylic acids is 1. The number of anilines is 1. The number of hydrogen-bond acceptors (Lipinski definition) is 4. The van der Waals surface area contributed by atoms with E-state index in [9.17, 15) is 15.0 Å². The highest BCUT2D eigenvalue weighted by Crippen LogP contribution is 2.47. The van der Waals surface area contributed by atoms with E-state index in [1.807, 2.05) is 18.2 Å². The molecule has 2 N–H and O–H groups in total. The van der Waals surface area contributed by atoms with Gasteiger partial charge in [-0.15, -0.1) is 0 Å². The summed E-state index contributed by atoms with van der Waals surface area (Å²) >= 11 is 6.57. The number of β-amino-alcohol motifs (C(OH)–C–C–N with tert-alkyl or cyclic N) is 1. The first-order valence-corrected chi connectivity index (χ1v) is 14.2. The van der Waals surface area contributed by atoms with Gasteiger partial charge in [0.25, 0.3) is 0 Å². The van der Waals surface area contributed by atoms with Crippen LogP contribution in [-0.2, 0) is 6.54 Å². The Morgan fingerprint density at radius 3 is 2.57 bits per heavy atom. The molecule has 1 unspecified atom stereocenters. The van der Waals surface area contributed by atoms with Crippen molar-refractivity contribution in [1.29, 1.82) is 0 Å². The van der Waals surface area contributed by atoms with Gasteiger partial charge in [-0.05, 0) is 74.0 Å². The molecule has 1 saturated heterocycles. The van der Waals surface area contributed by atoms with E-state index in [1.54, 1.807) is 6.07 Å². The molecule has 2 aromatic carbocycles. The van der Waals surface area contributed by atoms with Gasteiger partial charge in [-0.1, -0.05) is 36.9 Å². The lowest BCUT2D eigenvalue weighted by Crippen LogP contribution is -2.43. The monoisotopic (exact) mass is 521 g/mol. The van der Waals surface area contributed by atoms with Crippen molar-refractivity contribution in [2.24, 2.45) is 0 Å². The molecule has 3 heterocycles. The van der Waals surface area contributed by atoms with E-state index in [0.717, 1.165) is 68.3 Å². The van der Waals surface area contributed by atoms with Crippen molar-refractivity contribution >= 4 is 34.2 Å². The van der Waals surface area contributed by atoms with Crippen molar-refractivity contribution in [2.45, 2.75) is 63.5 Å². The highest BCUT2D eigenvalue weighted by atomic mass is 35.5. The Kier molecular flexibility index (Phi) is 6.91. The Hall–Kier alpha value is -2.54. The summed E-state index contributed by atoms with van der Waals surface area (Å²) < 4.78 is 2.38. The van der Waals surface area contributed by atoms with Crippen LogP contribution >= 0.6 is 11.6 Å². The number of halogens is 1. The summed E-state index contributed by atoms with van der Waals surface area (Å²) in [5.74, 6) is -0.407. The van der Waals surface area contributed by atoms with Crippen molar-refractivity contribution < 1.29 is 15.0 Å². The number of fused-ring (bicyclic) bond motifs is 5. The number of benzene rings is 2. The lowest BCUT2D eigenvalue weighted by atomic mass is 9.81. The molecule has 7 heteroatoms. The predicted molar refractivity (Wildman–Crippen MR) is 149 cm³/mol. The Bertz CT molecular complexity index is 1310. The number of carbonyl (C=O) groups is 1. The van der Waals surface area contributed by atoms with Gasteiger partial charge in [-0.2, -0.15) is 0 Å². The number of carboxylic acid groups (broad SMARTS) is 1. The van der Waals surface area contributed by atoms with Gasteiger partial charge in [0.2, 0.25) is 0 Å². The summed E-state index contributed by atoms with van der Waals surface area (Å²) in [6.45, 7) is 5.14. The van der Waals surface area contributed by atoms with Crippen LogP contribution in [-0.4, -0.2) is 64.5 Å². The molecule has 2 fully saturated rings. The van der Waals surface area contributed by atoms with Crippen LogP contribution in [0.5, 0.6) is 0 Å². The van der Waals surface area contributed by atoms with Gasteiger partial charge in [0, 0.05) is 59.9 Å². The number of rotatable bonds is 5. The van der Waals surface area contributed by atoms with E-state index in [4.69, 9.17) is 11.6 Å². The highest BCUT2D eigenvalue weighted by molar-refractivity contribution is 6.31. The standard InChI is InChI=1S/C30H36ClN3O3/c31-22-9-11-25-26(18-22)33(14-13-32-12-4-7-23(35)19-32)15-16-34-27-17-21(30(36)37)8-10-24(27)28(29(25)34)20-5-2-1-3-6-20/h8-11,17-18,20,23,35H,1-7,12-16,19H2,(H,36,37). The number of hydrogen-bond donors (Lipinski definition) is 2. The van der Waals surface area contributed by atoms with Gasteiger partial charge in [-0.25, -0.2) is 4.79 Å². The fourth-order valence-corrected chi connectivity index (χ4v) is 7.04. The van der Waals surface area contributed by atoms with Crippen LogP contribution in [0.3, 0.4) is 0 Å². The molecule has 1 aromatic heterocycles. The van der Waals surface area contributed by atoms with E-state index < -0.39 is 5.97 Å². The first kappa shape index (κ1) is 24.8. The molecule has 3 aromatic rings. The van der Waals surface area contributed by atoms with Crippen molar-refractivity contribution in [3.8, 4) is 11.3 Å². The average molecular weight is 522 g/mol. The maximum Gasteiger partial charge on any atom is 0.335 e. The maximum absolute atomic E-state index is 11.9. The average Bonchev–Trinajstić information content (AvgIpc) is 3.13. The van der Waals surface area contributed by atoms with Crippen molar-refractivity contribution in [1.82, 2.24) is 9.47 Å². The molecule has 1 atom stereocenters. The summed E-state index contributed by atoms with van der Waals surface area (Å²) in [4.78, 5) is 16.7. The minimum absolute atomic E-state index is 0.228. The van der Waals surface area contributed by atoms with Crippen LogP contribution in [0, 0.1) is 0 Å². The van der Waals surface area contributed by atoms with Crippen LogP contribution in [0.2, 0.25) is 5.02 Å². The summed E-state index contributed by atoms with van der Waals surface area (Å²) in [5.41, 5.74) is 6.33. The number of likely N-dealkylation sites (tertiary alicyclic amines) is 1. The lowest BCUT2D eigenvalue weighted by Gasteiger charge is -2.33. The van der Waals surface area contributed by atoms with Crippen LogP contribution in [0.4, 0.5) is 5.69 Å². The first-order chi connectivity index (χ1) is 18.0. The Labute approximate surface area is 223 Å². The fourth-order valence-electron chi connectivity index (χ4n) is 6.87. The third-order valence-corrected chi connectivity index (χ3v) is 8.92. The first-order valence-electron chi connectivity index (χ1n) is 13.8. The molecule has 6 rings (SSSR count). The molecule has 1 aliphatic carbocycles. The van der Waals surface area contributed by atoms with Crippen molar-refractivity contribution in [3.05, 3.63) is 52.5 Å². The maximum atomic E-state index is 11.9. The number of piperidine rings is 1. The second kappa shape index (κ2) is 10.3. The van der Waals surface area contributed by atoms with Crippen molar-refractivity contribution in [3.63, 3.8) is 0 Å². The molecule has 0 bridgehead atoms. The molecule has 2 aliphatic heterocycles. The molecule has 0 amide bonds. The summed E-state index contributed by atoms with van der Waals surface area (Å²) in [6, 6.07) is 11.9. The normalized spacial score (nSPS) is 21.0. The van der Waals surface area contributed by atoms with Crippen LogP contribution in [0.25, 0.3) is 22.2 Å². The van der Waals surface area contributed by atoms with Gasteiger partial charge in [0.1, 0.15) is 0 Å². The lowest BCUT2D eigenvalue weighted by molar-refractivity contribution is 0.0696. The Balaban J connectivity index is 1.46. The van der Waals surface area contributed by atoms with Gasteiger partial charge < -0.3 is 19.7 Å². The minimum atomic E-state index is -0.886. The Morgan fingerprint density at radius 2 is 1.78 bits per heavy atom. The topological polar surface area (TPSA) is 68.9 Å². The zero-order valence-corrected chi connectivity index (χ0v) is 22.1. The Morgan fingerprint density at radius 1 is 0.946 bits per heavy atom. The quantitative estimate of drug-likeness (QED) is 0.432. The highest BCUT2D eigenvalue weighted by Gasteiger charge is 2.31. The molecule has 196 valence electrons. The second-order valence-corrected chi connectivity index (χ2v) is 11.5. The molecular weight excluding hydrogens is 486 g/mol. The molecule has 1 saturated carbocycles. The summed E-state index contributed by atoms with van der Waals surface area (Å²) in [7, 11) is 0. The van der Waals surface area contributed by atoms with Crippen LogP contribution < -0.4 is 4.90 Å².